The Hall–Kier alpha value is -1.64. The average molecular weight is 325 g/mol. The van der Waals surface area contributed by atoms with Gasteiger partial charge in [0.1, 0.15) is 0 Å². The van der Waals surface area contributed by atoms with Gasteiger partial charge in [0.2, 0.25) is 0 Å². The third-order valence-electron chi connectivity index (χ3n) is 4.66. The van der Waals surface area contributed by atoms with E-state index in [-0.39, 0.29) is 6.61 Å². The van der Waals surface area contributed by atoms with Crippen molar-refractivity contribution in [2.45, 2.75) is 57.9 Å². The second-order valence-corrected chi connectivity index (χ2v) is 7.16. The van der Waals surface area contributed by atoms with E-state index >= 15 is 0 Å². The summed E-state index contributed by atoms with van der Waals surface area (Å²) in [6.07, 6.45) is 6.71. The predicted molar refractivity (Wildman–Crippen MR) is 103 cm³/mol. The quantitative estimate of drug-likeness (QED) is 0.655. The van der Waals surface area contributed by atoms with E-state index < -0.39 is 5.54 Å². The normalized spacial score (nSPS) is 13.7. The van der Waals surface area contributed by atoms with Gasteiger partial charge in [-0.25, -0.2) is 0 Å². The van der Waals surface area contributed by atoms with Gasteiger partial charge < -0.3 is 10.8 Å². The number of aryl methyl sites for hydroxylation is 2. The number of benzene rings is 2. The zero-order valence-corrected chi connectivity index (χ0v) is 15.1. The summed E-state index contributed by atoms with van der Waals surface area (Å²) in [5.41, 5.74) is 10.7. The Balaban J connectivity index is 1.95. The molecule has 2 heteroatoms. The molecule has 0 radical (unpaired) electrons. The van der Waals surface area contributed by atoms with Gasteiger partial charge in [0.15, 0.2) is 0 Å². The van der Waals surface area contributed by atoms with Crippen molar-refractivity contribution in [1.82, 2.24) is 0 Å². The standard InChI is InChI=1S/C22H31NO/c1-3-4-5-6-18-7-11-20(12-8-18)21-13-9-19(10-14-21)15-16-22(2,23)17-24/h7-14,24H,3-6,15-17,23H2,1-2H3/t22-/m1/s1. The fourth-order valence-corrected chi connectivity index (χ4v) is 2.82. The lowest BCUT2D eigenvalue weighted by molar-refractivity contribution is 0.200. The summed E-state index contributed by atoms with van der Waals surface area (Å²) in [5, 5.41) is 9.23. The number of aliphatic hydroxyl groups excluding tert-OH is 1. The SMILES string of the molecule is CCCCCc1ccc(-c2ccc(CC[C@@](C)(N)CO)cc2)cc1. The van der Waals surface area contributed by atoms with Crippen LogP contribution in [0.15, 0.2) is 48.5 Å². The largest absolute Gasteiger partial charge is 0.394 e. The van der Waals surface area contributed by atoms with Gasteiger partial charge in [-0.2, -0.15) is 0 Å². The second kappa shape index (κ2) is 9.00. The van der Waals surface area contributed by atoms with E-state index in [0.29, 0.717) is 0 Å². The smallest absolute Gasteiger partial charge is 0.0608 e. The van der Waals surface area contributed by atoms with Crippen LogP contribution in [-0.4, -0.2) is 17.3 Å². The minimum absolute atomic E-state index is 0.0235. The van der Waals surface area contributed by atoms with Gasteiger partial charge >= 0.3 is 0 Å². The van der Waals surface area contributed by atoms with Gasteiger partial charge in [-0.3, -0.25) is 0 Å². The summed E-state index contributed by atoms with van der Waals surface area (Å²) in [6.45, 7) is 4.16. The highest BCUT2D eigenvalue weighted by Gasteiger charge is 2.16. The van der Waals surface area contributed by atoms with Crippen molar-refractivity contribution in [2.75, 3.05) is 6.61 Å². The highest BCUT2D eigenvalue weighted by Crippen LogP contribution is 2.22. The minimum Gasteiger partial charge on any atom is -0.394 e. The molecule has 3 N–H and O–H groups in total. The molecule has 1 atom stereocenters. The van der Waals surface area contributed by atoms with Gasteiger partial charge in [0.25, 0.3) is 0 Å². The fraction of sp³-hybridized carbons (Fsp3) is 0.455. The van der Waals surface area contributed by atoms with Crippen LogP contribution >= 0.6 is 0 Å². The number of nitrogens with two attached hydrogens (primary N) is 1. The van der Waals surface area contributed by atoms with Crippen LogP contribution in [0.4, 0.5) is 0 Å². The van der Waals surface area contributed by atoms with Gasteiger partial charge in [-0.05, 0) is 54.9 Å². The highest BCUT2D eigenvalue weighted by atomic mass is 16.3. The van der Waals surface area contributed by atoms with Crippen LogP contribution in [0.2, 0.25) is 0 Å². The van der Waals surface area contributed by atoms with Crippen molar-refractivity contribution in [3.05, 3.63) is 59.7 Å². The lowest BCUT2D eigenvalue weighted by atomic mass is 9.94. The zero-order chi connectivity index (χ0) is 17.4. The summed E-state index contributed by atoms with van der Waals surface area (Å²) in [4.78, 5) is 0. The van der Waals surface area contributed by atoms with E-state index in [1.165, 1.54) is 47.9 Å². The molecule has 0 amide bonds. The number of aliphatic hydroxyl groups is 1. The molecule has 0 aromatic heterocycles. The third kappa shape index (κ3) is 5.77. The molecule has 2 aromatic carbocycles. The Labute approximate surface area is 146 Å². The minimum atomic E-state index is -0.494. The molecular formula is C22H31NO. The highest BCUT2D eigenvalue weighted by molar-refractivity contribution is 5.63. The Morgan fingerprint density at radius 1 is 0.833 bits per heavy atom. The van der Waals surface area contributed by atoms with Gasteiger partial charge in [-0.1, -0.05) is 68.3 Å². The Kier molecular flexibility index (Phi) is 7.01. The van der Waals surface area contributed by atoms with E-state index in [1.807, 2.05) is 6.92 Å². The van der Waals surface area contributed by atoms with Crippen LogP contribution in [0.1, 0.15) is 50.7 Å². The first-order valence-corrected chi connectivity index (χ1v) is 9.12. The zero-order valence-electron chi connectivity index (χ0n) is 15.1. The molecule has 2 nitrogen and oxygen atoms in total. The van der Waals surface area contributed by atoms with E-state index in [2.05, 4.69) is 55.5 Å². The van der Waals surface area contributed by atoms with E-state index in [1.54, 1.807) is 0 Å². The molecule has 2 aromatic rings. The topological polar surface area (TPSA) is 46.2 Å². The molecule has 0 heterocycles. The maximum atomic E-state index is 9.23. The van der Waals surface area contributed by atoms with Crippen LogP contribution in [0.5, 0.6) is 0 Å². The molecule has 0 bridgehead atoms. The Morgan fingerprint density at radius 3 is 1.79 bits per heavy atom. The van der Waals surface area contributed by atoms with Crippen LogP contribution in [0.3, 0.4) is 0 Å². The monoisotopic (exact) mass is 325 g/mol. The molecule has 0 unspecified atom stereocenters. The van der Waals surface area contributed by atoms with Crippen LogP contribution in [-0.2, 0) is 12.8 Å². The van der Waals surface area contributed by atoms with Gasteiger partial charge in [-0.15, -0.1) is 0 Å². The van der Waals surface area contributed by atoms with Gasteiger partial charge in [0, 0.05) is 5.54 Å². The van der Waals surface area contributed by atoms with Crippen LogP contribution in [0, 0.1) is 0 Å². The predicted octanol–water partition coefficient (Wildman–Crippen LogP) is 4.73. The van der Waals surface area contributed by atoms with E-state index in [0.717, 1.165) is 12.8 Å². The molecule has 0 aliphatic heterocycles. The molecule has 0 aliphatic rings. The average Bonchev–Trinajstić information content (AvgIpc) is 2.61. The van der Waals surface area contributed by atoms with Crippen LogP contribution < -0.4 is 5.73 Å². The van der Waals surface area contributed by atoms with E-state index in [9.17, 15) is 5.11 Å². The van der Waals surface area contributed by atoms with Gasteiger partial charge in [0.05, 0.1) is 6.61 Å². The Morgan fingerprint density at radius 2 is 1.33 bits per heavy atom. The number of rotatable bonds is 9. The van der Waals surface area contributed by atoms with Crippen molar-refractivity contribution in [1.29, 1.82) is 0 Å². The molecular weight excluding hydrogens is 294 g/mol. The lowest BCUT2D eigenvalue weighted by Gasteiger charge is -2.21. The van der Waals surface area contributed by atoms with Crippen molar-refractivity contribution in [3.63, 3.8) is 0 Å². The summed E-state index contributed by atoms with van der Waals surface area (Å²) < 4.78 is 0. The first kappa shape index (κ1) is 18.7. The second-order valence-electron chi connectivity index (χ2n) is 7.16. The molecule has 0 spiro atoms. The molecule has 0 fully saturated rings. The number of unbranched alkanes of at least 4 members (excludes halogenated alkanes) is 2. The van der Waals surface area contributed by atoms with E-state index in [4.69, 9.17) is 5.73 Å². The molecule has 24 heavy (non-hydrogen) atoms. The lowest BCUT2D eigenvalue weighted by Crippen LogP contribution is -2.40. The van der Waals surface area contributed by atoms with Crippen molar-refractivity contribution in [2.24, 2.45) is 5.73 Å². The van der Waals surface area contributed by atoms with Crippen molar-refractivity contribution in [3.8, 4) is 11.1 Å². The molecule has 130 valence electrons. The first-order valence-electron chi connectivity index (χ1n) is 9.12. The maximum absolute atomic E-state index is 9.23. The summed E-state index contributed by atoms with van der Waals surface area (Å²) in [7, 11) is 0. The van der Waals surface area contributed by atoms with Crippen molar-refractivity contribution < 1.29 is 5.11 Å². The summed E-state index contributed by atoms with van der Waals surface area (Å²) in [6, 6.07) is 17.6. The summed E-state index contributed by atoms with van der Waals surface area (Å²) in [5.74, 6) is 0. The first-order chi connectivity index (χ1) is 11.5. The molecule has 0 aliphatic carbocycles. The number of hydrogen-bond donors (Lipinski definition) is 2. The Bertz CT molecular complexity index is 599. The number of hydrogen-bond acceptors (Lipinski definition) is 2. The van der Waals surface area contributed by atoms with Crippen molar-refractivity contribution >= 4 is 0 Å². The molecule has 0 saturated carbocycles. The van der Waals surface area contributed by atoms with Crippen LogP contribution in [0.25, 0.3) is 11.1 Å². The summed E-state index contributed by atoms with van der Waals surface area (Å²) >= 11 is 0. The maximum Gasteiger partial charge on any atom is 0.0608 e. The third-order valence-corrected chi connectivity index (χ3v) is 4.66. The fourth-order valence-electron chi connectivity index (χ4n) is 2.82. The molecule has 2 rings (SSSR count). The molecule has 0 saturated heterocycles.